The molecule has 1 aromatic carbocycles. The van der Waals surface area contributed by atoms with Gasteiger partial charge in [0.05, 0.1) is 11.5 Å². The van der Waals surface area contributed by atoms with E-state index in [9.17, 15) is 14.5 Å². The molecule has 94 valence electrons. The van der Waals surface area contributed by atoms with E-state index in [-0.39, 0.29) is 24.9 Å². The van der Waals surface area contributed by atoms with E-state index in [1.165, 1.54) is 12.1 Å². The van der Waals surface area contributed by atoms with Gasteiger partial charge < -0.3 is 10.0 Å². The quantitative estimate of drug-likeness (QED) is 0.633. The van der Waals surface area contributed by atoms with Crippen LogP contribution in [0.5, 0.6) is 0 Å². The maximum Gasteiger partial charge on any atom is 0.327 e. The molecule has 0 saturated heterocycles. The van der Waals surface area contributed by atoms with Crippen molar-refractivity contribution in [3.63, 3.8) is 0 Å². The number of aliphatic hydroxyl groups is 1. The second kappa shape index (κ2) is 5.58. The van der Waals surface area contributed by atoms with Gasteiger partial charge in [-0.05, 0) is 26.0 Å². The van der Waals surface area contributed by atoms with Crippen LogP contribution in [0, 0.1) is 15.9 Å². The topological polar surface area (TPSA) is 66.6 Å². The summed E-state index contributed by atoms with van der Waals surface area (Å²) in [7, 11) is 0. The SMILES string of the molecule is CC(C)N(CCO)c1cccc(F)c1[N+](=O)[O-]. The first-order valence-electron chi connectivity index (χ1n) is 5.29. The molecule has 0 spiro atoms. The van der Waals surface area contributed by atoms with Crippen LogP contribution in [0.25, 0.3) is 0 Å². The Morgan fingerprint density at radius 3 is 2.65 bits per heavy atom. The number of nitro benzene ring substituents is 1. The molecule has 0 aliphatic heterocycles. The first kappa shape index (κ1) is 13.4. The molecule has 17 heavy (non-hydrogen) atoms. The van der Waals surface area contributed by atoms with Gasteiger partial charge in [0, 0.05) is 12.6 Å². The minimum Gasteiger partial charge on any atom is -0.395 e. The number of aliphatic hydroxyl groups excluding tert-OH is 1. The van der Waals surface area contributed by atoms with Crippen molar-refractivity contribution in [1.82, 2.24) is 0 Å². The lowest BCUT2D eigenvalue weighted by atomic mass is 10.2. The van der Waals surface area contributed by atoms with Crippen molar-refractivity contribution in [2.75, 3.05) is 18.1 Å². The van der Waals surface area contributed by atoms with E-state index in [0.29, 0.717) is 0 Å². The molecular weight excluding hydrogens is 227 g/mol. The fourth-order valence-electron chi connectivity index (χ4n) is 1.68. The van der Waals surface area contributed by atoms with Gasteiger partial charge in [-0.3, -0.25) is 10.1 Å². The van der Waals surface area contributed by atoms with Crippen LogP contribution < -0.4 is 4.90 Å². The molecule has 0 heterocycles. The maximum absolute atomic E-state index is 13.4. The van der Waals surface area contributed by atoms with Crippen LogP contribution in [0.3, 0.4) is 0 Å². The van der Waals surface area contributed by atoms with E-state index in [1.807, 2.05) is 13.8 Å². The third-order valence-electron chi connectivity index (χ3n) is 2.42. The molecule has 1 rings (SSSR count). The standard InChI is InChI=1S/C11H15FN2O3/c1-8(2)13(6-7-15)10-5-3-4-9(12)11(10)14(16)17/h3-5,8,15H,6-7H2,1-2H3. The Kier molecular flexibility index (Phi) is 4.39. The summed E-state index contributed by atoms with van der Waals surface area (Å²) in [4.78, 5) is 11.7. The minimum atomic E-state index is -0.865. The average molecular weight is 242 g/mol. The zero-order valence-electron chi connectivity index (χ0n) is 9.76. The van der Waals surface area contributed by atoms with E-state index in [0.717, 1.165) is 6.07 Å². The monoisotopic (exact) mass is 242 g/mol. The summed E-state index contributed by atoms with van der Waals surface area (Å²) >= 11 is 0. The predicted molar refractivity (Wildman–Crippen MR) is 62.6 cm³/mol. The summed E-state index contributed by atoms with van der Waals surface area (Å²) in [6.07, 6.45) is 0. The Bertz CT molecular complexity index is 410. The smallest absolute Gasteiger partial charge is 0.327 e. The molecule has 0 fully saturated rings. The summed E-state index contributed by atoms with van der Waals surface area (Å²) in [5.74, 6) is -0.865. The van der Waals surface area contributed by atoms with Gasteiger partial charge in [-0.25, -0.2) is 0 Å². The molecule has 0 atom stereocenters. The van der Waals surface area contributed by atoms with Crippen molar-refractivity contribution >= 4 is 11.4 Å². The molecule has 5 nitrogen and oxygen atoms in total. The van der Waals surface area contributed by atoms with E-state index < -0.39 is 16.4 Å². The van der Waals surface area contributed by atoms with Crippen LogP contribution in [0.2, 0.25) is 0 Å². The number of para-hydroxylation sites is 1. The van der Waals surface area contributed by atoms with Gasteiger partial charge in [-0.1, -0.05) is 6.07 Å². The third kappa shape index (κ3) is 2.91. The Balaban J connectivity index is 3.27. The second-order valence-corrected chi connectivity index (χ2v) is 3.88. The molecule has 0 unspecified atom stereocenters. The minimum absolute atomic E-state index is 0.0670. The number of hydrogen-bond acceptors (Lipinski definition) is 4. The molecule has 0 bridgehead atoms. The van der Waals surface area contributed by atoms with E-state index in [2.05, 4.69) is 0 Å². The molecule has 0 aromatic heterocycles. The van der Waals surface area contributed by atoms with Crippen molar-refractivity contribution in [2.45, 2.75) is 19.9 Å². The Hall–Kier alpha value is -1.69. The molecule has 0 aliphatic rings. The van der Waals surface area contributed by atoms with Crippen molar-refractivity contribution < 1.29 is 14.4 Å². The zero-order chi connectivity index (χ0) is 13.0. The Morgan fingerprint density at radius 2 is 2.18 bits per heavy atom. The number of nitrogens with zero attached hydrogens (tertiary/aromatic N) is 2. The molecule has 1 N–H and O–H groups in total. The highest BCUT2D eigenvalue weighted by Gasteiger charge is 2.25. The van der Waals surface area contributed by atoms with Crippen molar-refractivity contribution in [2.24, 2.45) is 0 Å². The third-order valence-corrected chi connectivity index (χ3v) is 2.42. The lowest BCUT2D eigenvalue weighted by Crippen LogP contribution is -2.34. The number of rotatable bonds is 5. The molecule has 0 radical (unpaired) electrons. The summed E-state index contributed by atoms with van der Waals surface area (Å²) in [6.45, 7) is 3.72. The molecule has 6 heteroatoms. The fourth-order valence-corrected chi connectivity index (χ4v) is 1.68. The van der Waals surface area contributed by atoms with Crippen molar-refractivity contribution in [3.8, 4) is 0 Å². The highest BCUT2D eigenvalue weighted by atomic mass is 19.1. The fraction of sp³-hybridized carbons (Fsp3) is 0.455. The first-order chi connectivity index (χ1) is 7.99. The number of halogens is 1. The summed E-state index contributed by atoms with van der Waals surface area (Å²) in [5.41, 5.74) is -0.353. The largest absolute Gasteiger partial charge is 0.395 e. The number of nitro groups is 1. The van der Waals surface area contributed by atoms with Gasteiger partial charge in [0.15, 0.2) is 0 Å². The van der Waals surface area contributed by atoms with E-state index in [1.54, 1.807) is 4.90 Å². The van der Waals surface area contributed by atoms with Gasteiger partial charge in [0.1, 0.15) is 5.69 Å². The highest BCUT2D eigenvalue weighted by Crippen LogP contribution is 2.31. The van der Waals surface area contributed by atoms with E-state index >= 15 is 0 Å². The van der Waals surface area contributed by atoms with Gasteiger partial charge in [0.25, 0.3) is 0 Å². The van der Waals surface area contributed by atoms with Crippen LogP contribution in [-0.4, -0.2) is 29.2 Å². The van der Waals surface area contributed by atoms with Gasteiger partial charge in [0.2, 0.25) is 5.82 Å². The normalized spacial score (nSPS) is 10.6. The van der Waals surface area contributed by atoms with Crippen LogP contribution >= 0.6 is 0 Å². The molecule has 0 aliphatic carbocycles. The first-order valence-corrected chi connectivity index (χ1v) is 5.29. The zero-order valence-corrected chi connectivity index (χ0v) is 9.76. The number of anilines is 1. The molecule has 1 aromatic rings. The maximum atomic E-state index is 13.4. The average Bonchev–Trinajstić information content (AvgIpc) is 2.24. The molecular formula is C11H15FN2O3. The van der Waals surface area contributed by atoms with Crippen LogP contribution in [-0.2, 0) is 0 Å². The van der Waals surface area contributed by atoms with Gasteiger partial charge in [-0.15, -0.1) is 0 Å². The molecule has 0 amide bonds. The number of hydrogen-bond donors (Lipinski definition) is 1. The Labute approximate surface area is 98.6 Å². The summed E-state index contributed by atoms with van der Waals surface area (Å²) < 4.78 is 13.4. The van der Waals surface area contributed by atoms with Crippen molar-refractivity contribution in [3.05, 3.63) is 34.1 Å². The van der Waals surface area contributed by atoms with Crippen LogP contribution in [0.1, 0.15) is 13.8 Å². The van der Waals surface area contributed by atoms with E-state index in [4.69, 9.17) is 5.11 Å². The summed E-state index contributed by atoms with van der Waals surface area (Å²) in [5, 5.41) is 19.8. The Morgan fingerprint density at radius 1 is 1.53 bits per heavy atom. The molecule has 0 saturated carbocycles. The number of benzene rings is 1. The summed E-state index contributed by atoms with van der Waals surface area (Å²) in [6, 6.07) is 3.89. The lowest BCUT2D eigenvalue weighted by Gasteiger charge is -2.27. The predicted octanol–water partition coefficient (Wildman–Crippen LogP) is 1.94. The highest BCUT2D eigenvalue weighted by molar-refractivity contribution is 5.64. The van der Waals surface area contributed by atoms with Crippen LogP contribution in [0.4, 0.5) is 15.8 Å². The lowest BCUT2D eigenvalue weighted by molar-refractivity contribution is -0.386. The second-order valence-electron chi connectivity index (χ2n) is 3.88. The van der Waals surface area contributed by atoms with Gasteiger partial charge in [-0.2, -0.15) is 4.39 Å². The van der Waals surface area contributed by atoms with Gasteiger partial charge >= 0.3 is 5.69 Å². The van der Waals surface area contributed by atoms with Crippen LogP contribution in [0.15, 0.2) is 18.2 Å². The van der Waals surface area contributed by atoms with Crippen molar-refractivity contribution in [1.29, 1.82) is 0 Å².